The summed E-state index contributed by atoms with van der Waals surface area (Å²) in [5.74, 6) is -0.231. The number of fused-ring (bicyclic) bond motifs is 2. The van der Waals surface area contributed by atoms with Crippen LogP contribution in [0.15, 0.2) is 52.0 Å². The predicted octanol–water partition coefficient (Wildman–Crippen LogP) is 1.41. The minimum absolute atomic E-state index is 0.0169. The second-order valence-corrected chi connectivity index (χ2v) is 8.90. The van der Waals surface area contributed by atoms with Crippen molar-refractivity contribution in [3.8, 4) is 0 Å². The molecule has 12 heteroatoms. The van der Waals surface area contributed by atoms with Crippen LogP contribution in [0.5, 0.6) is 0 Å². The van der Waals surface area contributed by atoms with Crippen molar-refractivity contribution in [2.45, 2.75) is 12.6 Å². The predicted molar refractivity (Wildman–Crippen MR) is 102 cm³/mol. The summed E-state index contributed by atoms with van der Waals surface area (Å²) >= 11 is 0. The summed E-state index contributed by atoms with van der Waals surface area (Å²) in [5, 5.41) is 0. The maximum Gasteiger partial charge on any atom is 0.308 e. The van der Waals surface area contributed by atoms with Crippen molar-refractivity contribution >= 4 is 27.2 Å². The molecule has 4 heterocycles. The number of imidazole rings is 1. The number of amides is 1. The van der Waals surface area contributed by atoms with E-state index >= 15 is 0 Å². The lowest BCUT2D eigenvalue weighted by atomic mass is 10.2. The molecule has 1 unspecified atom stereocenters. The van der Waals surface area contributed by atoms with Crippen LogP contribution < -0.4 is 0 Å². The molecule has 4 aromatic rings. The first-order valence-corrected chi connectivity index (χ1v) is 10.3. The molecule has 154 valence electrons. The molecule has 5 rings (SSSR count). The highest BCUT2D eigenvalue weighted by atomic mass is 32.2. The van der Waals surface area contributed by atoms with Crippen LogP contribution in [0.4, 0.5) is 0 Å². The number of rotatable bonds is 4. The highest BCUT2D eigenvalue weighted by Crippen LogP contribution is 2.39. The fourth-order valence-corrected chi connectivity index (χ4v) is 4.38. The Balaban J connectivity index is 1.67. The standard InChI is InChI=1S/C18H16N6O5S/c1-22(2)30(26,27)24-9-20-15-12(24)8-23(18(25)14-7-19-10-28-14)16(15)17-21-11-5-3-4-6-13(11)29-17/h3-7,9-10,16H,8H2,1-2H3. The van der Waals surface area contributed by atoms with Gasteiger partial charge in [0.05, 0.1) is 24.1 Å². The number of para-hydroxylation sites is 2. The molecule has 1 aliphatic rings. The Bertz CT molecular complexity index is 1320. The molecular weight excluding hydrogens is 412 g/mol. The first-order valence-electron chi connectivity index (χ1n) is 8.92. The van der Waals surface area contributed by atoms with Crippen LogP contribution in [-0.2, 0) is 16.8 Å². The fourth-order valence-electron chi connectivity index (χ4n) is 3.44. The zero-order valence-corrected chi connectivity index (χ0v) is 16.8. The lowest BCUT2D eigenvalue weighted by molar-refractivity contribution is 0.0663. The molecule has 11 nitrogen and oxygen atoms in total. The Morgan fingerprint density at radius 3 is 2.77 bits per heavy atom. The summed E-state index contributed by atoms with van der Waals surface area (Å²) in [6.07, 6.45) is 3.68. The zero-order valence-electron chi connectivity index (χ0n) is 16.0. The topological polar surface area (TPSA) is 128 Å². The van der Waals surface area contributed by atoms with Crippen molar-refractivity contribution < 1.29 is 22.0 Å². The lowest BCUT2D eigenvalue weighted by Gasteiger charge is -2.21. The van der Waals surface area contributed by atoms with E-state index in [1.165, 1.54) is 31.5 Å². The minimum Gasteiger partial charge on any atom is -0.438 e. The van der Waals surface area contributed by atoms with E-state index in [-0.39, 0.29) is 18.2 Å². The van der Waals surface area contributed by atoms with Crippen LogP contribution in [0.3, 0.4) is 0 Å². The molecule has 0 aliphatic carbocycles. The van der Waals surface area contributed by atoms with Gasteiger partial charge in [-0.25, -0.2) is 18.9 Å². The van der Waals surface area contributed by atoms with Gasteiger partial charge in [0.25, 0.3) is 5.91 Å². The first-order chi connectivity index (χ1) is 14.4. The van der Waals surface area contributed by atoms with E-state index in [0.29, 0.717) is 22.5 Å². The molecule has 3 aromatic heterocycles. The number of carbonyl (C=O) groups is 1. The van der Waals surface area contributed by atoms with Gasteiger partial charge in [0, 0.05) is 14.1 Å². The van der Waals surface area contributed by atoms with Crippen LogP contribution in [0.2, 0.25) is 0 Å². The van der Waals surface area contributed by atoms with Crippen molar-refractivity contribution in [2.24, 2.45) is 0 Å². The fraction of sp³-hybridized carbons (Fsp3) is 0.222. The number of nitrogens with zero attached hydrogens (tertiary/aromatic N) is 6. The number of hydrogen-bond acceptors (Lipinski definition) is 8. The van der Waals surface area contributed by atoms with Crippen LogP contribution in [0, 0.1) is 0 Å². The van der Waals surface area contributed by atoms with Gasteiger partial charge >= 0.3 is 10.2 Å². The quantitative estimate of drug-likeness (QED) is 0.477. The smallest absolute Gasteiger partial charge is 0.308 e. The molecule has 0 N–H and O–H groups in total. The summed E-state index contributed by atoms with van der Waals surface area (Å²) in [6, 6.07) is 6.37. The van der Waals surface area contributed by atoms with Gasteiger partial charge in [-0.15, -0.1) is 0 Å². The van der Waals surface area contributed by atoms with Gasteiger partial charge in [0.1, 0.15) is 11.8 Å². The molecule has 1 amide bonds. The second kappa shape index (κ2) is 6.50. The maximum absolute atomic E-state index is 13.1. The maximum atomic E-state index is 13.1. The van der Waals surface area contributed by atoms with Gasteiger partial charge in [0.15, 0.2) is 18.0 Å². The molecule has 0 saturated carbocycles. The largest absolute Gasteiger partial charge is 0.438 e. The number of oxazole rings is 2. The average molecular weight is 428 g/mol. The summed E-state index contributed by atoms with van der Waals surface area (Å²) in [4.78, 5) is 27.1. The first kappa shape index (κ1) is 18.5. The molecule has 0 bridgehead atoms. The van der Waals surface area contributed by atoms with E-state index in [1.807, 2.05) is 12.1 Å². The summed E-state index contributed by atoms with van der Waals surface area (Å²) < 4.78 is 38.6. The number of benzene rings is 1. The Morgan fingerprint density at radius 1 is 1.27 bits per heavy atom. The van der Waals surface area contributed by atoms with Gasteiger partial charge in [-0.3, -0.25) is 4.79 Å². The van der Waals surface area contributed by atoms with Crippen LogP contribution >= 0.6 is 0 Å². The van der Waals surface area contributed by atoms with E-state index in [4.69, 9.17) is 8.83 Å². The minimum atomic E-state index is -3.83. The van der Waals surface area contributed by atoms with Crippen LogP contribution in [0.25, 0.3) is 11.1 Å². The Morgan fingerprint density at radius 2 is 2.07 bits per heavy atom. The number of carbonyl (C=O) groups excluding carboxylic acids is 1. The van der Waals surface area contributed by atoms with Crippen molar-refractivity contribution in [1.82, 2.24) is 28.1 Å². The molecule has 0 spiro atoms. The van der Waals surface area contributed by atoms with Gasteiger partial charge in [-0.05, 0) is 12.1 Å². The van der Waals surface area contributed by atoms with E-state index in [9.17, 15) is 13.2 Å². The highest BCUT2D eigenvalue weighted by Gasteiger charge is 2.44. The van der Waals surface area contributed by atoms with Gasteiger partial charge < -0.3 is 13.7 Å². The van der Waals surface area contributed by atoms with E-state index < -0.39 is 22.2 Å². The Labute approximate surface area is 170 Å². The van der Waals surface area contributed by atoms with Crippen LogP contribution in [-0.4, -0.2) is 56.5 Å². The Kier molecular flexibility index (Phi) is 4.01. The SMILES string of the molecule is CN(C)S(=O)(=O)n1cnc2c1CN(C(=O)c1cnco1)C2c1nc2ccccc2o1. The molecule has 30 heavy (non-hydrogen) atoms. The molecule has 0 fully saturated rings. The highest BCUT2D eigenvalue weighted by molar-refractivity contribution is 7.87. The molecule has 0 radical (unpaired) electrons. The van der Waals surface area contributed by atoms with Crippen LogP contribution in [0.1, 0.15) is 33.9 Å². The summed E-state index contributed by atoms with van der Waals surface area (Å²) in [5.41, 5.74) is 1.89. The molecule has 1 atom stereocenters. The van der Waals surface area contributed by atoms with Gasteiger partial charge in [-0.1, -0.05) is 12.1 Å². The third-order valence-electron chi connectivity index (χ3n) is 4.91. The van der Waals surface area contributed by atoms with Gasteiger partial charge in [0.2, 0.25) is 11.7 Å². The summed E-state index contributed by atoms with van der Waals surface area (Å²) in [7, 11) is -0.983. The van der Waals surface area contributed by atoms with Crippen molar-refractivity contribution in [2.75, 3.05) is 14.1 Å². The van der Waals surface area contributed by atoms with E-state index in [1.54, 1.807) is 12.1 Å². The lowest BCUT2D eigenvalue weighted by Crippen LogP contribution is -2.32. The van der Waals surface area contributed by atoms with Crippen molar-refractivity contribution in [3.05, 3.63) is 66.2 Å². The zero-order chi connectivity index (χ0) is 21.0. The van der Waals surface area contributed by atoms with Crippen molar-refractivity contribution in [3.63, 3.8) is 0 Å². The molecule has 0 saturated heterocycles. The number of hydrogen-bond donors (Lipinski definition) is 0. The van der Waals surface area contributed by atoms with Gasteiger partial charge in [-0.2, -0.15) is 12.7 Å². The normalized spacial score (nSPS) is 16.5. The average Bonchev–Trinajstić information content (AvgIpc) is 3.49. The van der Waals surface area contributed by atoms with Crippen molar-refractivity contribution in [1.29, 1.82) is 0 Å². The van der Waals surface area contributed by atoms with E-state index in [2.05, 4.69) is 15.0 Å². The summed E-state index contributed by atoms with van der Waals surface area (Å²) in [6.45, 7) is -0.0225. The van der Waals surface area contributed by atoms with E-state index in [0.717, 1.165) is 14.7 Å². The second-order valence-electron chi connectivity index (χ2n) is 6.88. The third kappa shape index (κ3) is 2.64. The Hall–Kier alpha value is -3.51. The molecule has 1 aromatic carbocycles. The molecular formula is C18H16N6O5S. The monoisotopic (exact) mass is 428 g/mol. The third-order valence-corrected chi connectivity index (χ3v) is 6.65. The number of aromatic nitrogens is 4. The molecule has 1 aliphatic heterocycles.